The summed E-state index contributed by atoms with van der Waals surface area (Å²) in [7, 11) is 0.826. The van der Waals surface area contributed by atoms with Crippen molar-refractivity contribution >= 4 is 73.3 Å². The molecule has 0 saturated carbocycles. The molecule has 344 valence electrons. The Morgan fingerprint density at radius 1 is 0.500 bits per heavy atom. The monoisotopic (exact) mass is 908 g/mol. The lowest BCUT2D eigenvalue weighted by atomic mass is 9.58. The van der Waals surface area contributed by atoms with Crippen molar-refractivity contribution in [1.29, 1.82) is 0 Å². The fourth-order valence-corrected chi connectivity index (χ4v) is 13.8. The van der Waals surface area contributed by atoms with Crippen LogP contribution in [-0.4, -0.2) is 11.8 Å². The second-order valence-electron chi connectivity index (χ2n) is 24.9. The summed E-state index contributed by atoms with van der Waals surface area (Å²) >= 11 is 0. The summed E-state index contributed by atoms with van der Waals surface area (Å²) in [6.45, 7) is 26.1. The highest BCUT2D eigenvalue weighted by atomic mass is 16.3. The highest BCUT2D eigenvalue weighted by molar-refractivity contribution is 6.73. The van der Waals surface area contributed by atoms with Crippen LogP contribution in [0, 0.1) is 0 Å². The lowest BCUT2D eigenvalue weighted by Gasteiger charge is -2.41. The van der Waals surface area contributed by atoms with Crippen LogP contribution in [0.25, 0.3) is 82.8 Å². The molecule has 3 heterocycles. The maximum absolute atomic E-state index is 6.98. The smallest absolute Gasteiger partial charge is 0.198 e. The van der Waals surface area contributed by atoms with Gasteiger partial charge in [-0.25, -0.2) is 0 Å². The summed E-state index contributed by atoms with van der Waals surface area (Å²) < 4.78 is 9.64. The number of rotatable bonds is 3. The predicted molar refractivity (Wildman–Crippen MR) is 299 cm³/mol. The van der Waals surface area contributed by atoms with Gasteiger partial charge in [-0.3, -0.25) is 0 Å². The lowest BCUT2D eigenvalue weighted by molar-refractivity contribution is 0.332. The molecule has 0 radical (unpaired) electrons. The van der Waals surface area contributed by atoms with E-state index in [9.17, 15) is 0 Å². The summed E-state index contributed by atoms with van der Waals surface area (Å²) in [5.41, 5.74) is 28.3. The highest BCUT2D eigenvalue weighted by Crippen LogP contribution is 2.54. The molecule has 70 heavy (non-hydrogen) atoms. The van der Waals surface area contributed by atoms with Crippen LogP contribution in [0.3, 0.4) is 0 Å². The normalized spacial score (nSPS) is 17.2. The van der Waals surface area contributed by atoms with Crippen molar-refractivity contribution in [3.8, 4) is 39.1 Å². The summed E-state index contributed by atoms with van der Waals surface area (Å²) in [4.78, 5) is 0. The molecular formula is C66H61BN2O. The molecule has 14 rings (SSSR count). The van der Waals surface area contributed by atoms with Crippen molar-refractivity contribution in [2.45, 2.75) is 116 Å². The van der Waals surface area contributed by atoms with Crippen molar-refractivity contribution in [3.63, 3.8) is 0 Å². The fourth-order valence-electron chi connectivity index (χ4n) is 13.8. The van der Waals surface area contributed by atoms with E-state index in [-0.39, 0.29) is 27.1 Å². The Morgan fingerprint density at radius 2 is 1.09 bits per heavy atom. The number of furan rings is 1. The van der Waals surface area contributed by atoms with E-state index in [0.717, 1.165) is 36.2 Å². The molecule has 3 aliphatic carbocycles. The van der Waals surface area contributed by atoms with Gasteiger partial charge >= 0.3 is 0 Å². The first-order valence-corrected chi connectivity index (χ1v) is 25.7. The van der Waals surface area contributed by atoms with Gasteiger partial charge in [-0.05, 0) is 150 Å². The van der Waals surface area contributed by atoms with Gasteiger partial charge < -0.3 is 14.3 Å². The molecule has 3 nitrogen and oxygen atoms in total. The number of fused-ring (bicyclic) bond motifs is 15. The Balaban J connectivity index is 1.06. The van der Waals surface area contributed by atoms with Crippen LogP contribution in [0.1, 0.15) is 128 Å². The first-order chi connectivity index (χ1) is 33.3. The van der Waals surface area contributed by atoms with Gasteiger partial charge in [0.1, 0.15) is 11.2 Å². The molecule has 0 unspecified atom stereocenters. The average Bonchev–Trinajstić information content (AvgIpc) is 3.99. The van der Waals surface area contributed by atoms with Crippen LogP contribution in [0.15, 0.2) is 138 Å². The maximum atomic E-state index is 6.98. The van der Waals surface area contributed by atoms with Gasteiger partial charge in [0, 0.05) is 60.9 Å². The molecule has 0 atom stereocenters. The SMILES string of the molecule is CC(C)(C)c1ccc(Nc2cc3oc4cc5c(cc4c3cc2-c2ccc3c4cc6c(cc4n4c3c2Bc2cc3c(cc2-4)-c2ccccc2C3(C)C)-c2ccccc2C6(C)C)C(C)(C)CCC5(C)C)cc1. The number of benzene rings is 8. The zero-order valence-corrected chi connectivity index (χ0v) is 42.7. The number of nitrogens with one attached hydrogen (secondary N) is 1. The summed E-state index contributed by atoms with van der Waals surface area (Å²) in [6, 6.07) is 51.9. The van der Waals surface area contributed by atoms with E-state index in [1.54, 1.807) is 0 Å². The molecular weight excluding hydrogens is 848 g/mol. The van der Waals surface area contributed by atoms with Crippen molar-refractivity contribution < 1.29 is 4.42 Å². The molecule has 4 aliphatic rings. The Morgan fingerprint density at radius 3 is 1.76 bits per heavy atom. The topological polar surface area (TPSA) is 30.1 Å². The molecule has 8 aromatic carbocycles. The van der Waals surface area contributed by atoms with E-state index < -0.39 is 0 Å². The number of hydrogen-bond acceptors (Lipinski definition) is 2. The van der Waals surface area contributed by atoms with Gasteiger partial charge in [0.05, 0.1) is 11.2 Å². The predicted octanol–water partition coefficient (Wildman–Crippen LogP) is 16.1. The summed E-state index contributed by atoms with van der Waals surface area (Å²) in [6.07, 6.45) is 2.33. The van der Waals surface area contributed by atoms with Gasteiger partial charge in [0.15, 0.2) is 7.28 Å². The highest BCUT2D eigenvalue weighted by Gasteiger charge is 2.41. The van der Waals surface area contributed by atoms with Gasteiger partial charge in [-0.15, -0.1) is 0 Å². The number of aromatic nitrogens is 1. The number of hydrogen-bond donors (Lipinski definition) is 1. The third kappa shape index (κ3) is 5.59. The number of nitrogens with zero attached hydrogens (tertiary/aromatic N) is 1. The van der Waals surface area contributed by atoms with Crippen molar-refractivity contribution in [2.24, 2.45) is 0 Å². The number of anilines is 2. The minimum atomic E-state index is -0.110. The lowest BCUT2D eigenvalue weighted by Crippen LogP contribution is -2.38. The molecule has 2 aromatic heterocycles. The van der Waals surface area contributed by atoms with Crippen LogP contribution in [0.4, 0.5) is 11.4 Å². The Labute approximate surface area is 413 Å². The molecule has 0 bridgehead atoms. The second-order valence-corrected chi connectivity index (χ2v) is 24.9. The summed E-state index contributed by atoms with van der Waals surface area (Å²) in [5, 5.41) is 8.98. The fraction of sp³-hybridized carbons (Fsp3) is 0.273. The third-order valence-electron chi connectivity index (χ3n) is 18.0. The van der Waals surface area contributed by atoms with E-state index in [1.807, 2.05) is 0 Å². The standard InChI is InChI=1S/C66H61BN2O/c1-62(2,3)36-20-22-37(23-21-36)68-55-35-59-46(47-30-52-53(34-58(47)70-59)64(6,7)27-26-63(52,4)5)28-44(55)40-24-25-41-45-29-50-42(38-16-12-14-18-48(38)65(50,8)9)31-56(45)69-57-32-43-39-17-13-15-19-49(39)66(10,11)51(43)33-54(57)67-60(40)61(41)69/h12-25,28-35,67-68H,26-27H2,1-11H3. The Kier molecular flexibility index (Phi) is 8.15. The van der Waals surface area contributed by atoms with Crippen molar-refractivity contribution in [3.05, 3.63) is 172 Å². The molecule has 0 saturated heterocycles. The molecule has 1 aliphatic heterocycles. The van der Waals surface area contributed by atoms with E-state index in [1.165, 1.54) is 128 Å². The van der Waals surface area contributed by atoms with Gasteiger partial charge in [0.2, 0.25) is 0 Å². The van der Waals surface area contributed by atoms with Crippen LogP contribution in [0.2, 0.25) is 0 Å². The van der Waals surface area contributed by atoms with Gasteiger partial charge in [0.25, 0.3) is 0 Å². The van der Waals surface area contributed by atoms with E-state index in [0.29, 0.717) is 0 Å². The van der Waals surface area contributed by atoms with Gasteiger partial charge in [-0.1, -0.05) is 160 Å². The molecule has 0 amide bonds. The molecule has 0 fully saturated rings. The Bertz CT molecular complexity index is 3970. The van der Waals surface area contributed by atoms with E-state index in [2.05, 4.69) is 220 Å². The summed E-state index contributed by atoms with van der Waals surface area (Å²) in [5.74, 6) is 0. The largest absolute Gasteiger partial charge is 0.456 e. The van der Waals surface area contributed by atoms with Crippen molar-refractivity contribution in [1.82, 2.24) is 4.57 Å². The second kappa shape index (κ2) is 13.5. The molecule has 10 aromatic rings. The maximum Gasteiger partial charge on any atom is 0.198 e. The Hall–Kier alpha value is -6.78. The van der Waals surface area contributed by atoms with Crippen LogP contribution in [0.5, 0.6) is 0 Å². The molecule has 0 spiro atoms. The van der Waals surface area contributed by atoms with Crippen LogP contribution < -0.4 is 16.2 Å². The zero-order chi connectivity index (χ0) is 48.2. The zero-order valence-electron chi connectivity index (χ0n) is 42.7. The first kappa shape index (κ1) is 42.1. The average molecular weight is 909 g/mol. The van der Waals surface area contributed by atoms with Crippen LogP contribution in [-0.2, 0) is 27.1 Å². The van der Waals surface area contributed by atoms with Gasteiger partial charge in [-0.2, -0.15) is 0 Å². The van der Waals surface area contributed by atoms with Crippen molar-refractivity contribution in [2.75, 3.05) is 5.32 Å². The van der Waals surface area contributed by atoms with Crippen LogP contribution >= 0.6 is 0 Å². The van der Waals surface area contributed by atoms with E-state index >= 15 is 0 Å². The molecule has 1 N–H and O–H groups in total. The minimum absolute atomic E-state index is 0.0589. The molecule has 4 heteroatoms. The minimum Gasteiger partial charge on any atom is -0.456 e. The first-order valence-electron chi connectivity index (χ1n) is 25.7. The van der Waals surface area contributed by atoms with E-state index in [4.69, 9.17) is 4.42 Å². The third-order valence-corrected chi connectivity index (χ3v) is 18.0. The quantitative estimate of drug-likeness (QED) is 0.179.